The summed E-state index contributed by atoms with van der Waals surface area (Å²) in [6, 6.07) is 0.582. The van der Waals surface area contributed by atoms with Crippen LogP contribution >= 0.6 is 11.8 Å². The minimum atomic E-state index is 0.282. The molecule has 0 heterocycles. The van der Waals surface area contributed by atoms with E-state index in [0.29, 0.717) is 16.5 Å². The Morgan fingerprint density at radius 2 is 1.85 bits per heavy atom. The third-order valence-corrected chi connectivity index (χ3v) is 3.23. The summed E-state index contributed by atoms with van der Waals surface area (Å²) in [4.78, 5) is 0. The van der Waals surface area contributed by atoms with Gasteiger partial charge in [0.2, 0.25) is 0 Å². The lowest BCUT2D eigenvalue weighted by molar-refractivity contribution is 0.299. The average Bonchev–Trinajstić information content (AvgIpc) is 2.04. The van der Waals surface area contributed by atoms with Crippen molar-refractivity contribution >= 4 is 11.8 Å². The highest BCUT2D eigenvalue weighted by atomic mass is 32.2. The molecule has 0 fully saturated rings. The van der Waals surface area contributed by atoms with Crippen LogP contribution in [0.5, 0.6) is 0 Å². The Morgan fingerprint density at radius 3 is 2.31 bits per heavy atom. The fourth-order valence-corrected chi connectivity index (χ4v) is 2.70. The second kappa shape index (κ2) is 7.65. The first-order valence-electron chi connectivity index (χ1n) is 5.09. The van der Waals surface area contributed by atoms with E-state index in [9.17, 15) is 0 Å². The zero-order chi connectivity index (χ0) is 10.3. The van der Waals surface area contributed by atoms with Gasteiger partial charge in [0.25, 0.3) is 0 Å². The van der Waals surface area contributed by atoms with Crippen molar-refractivity contribution in [2.75, 3.05) is 13.2 Å². The van der Waals surface area contributed by atoms with Crippen molar-refractivity contribution in [3.05, 3.63) is 0 Å². The van der Waals surface area contributed by atoms with Crippen molar-refractivity contribution in [3.8, 4) is 0 Å². The lowest BCUT2D eigenvalue weighted by Crippen LogP contribution is -2.28. The van der Waals surface area contributed by atoms with E-state index >= 15 is 0 Å². The van der Waals surface area contributed by atoms with E-state index in [1.807, 2.05) is 11.8 Å². The van der Waals surface area contributed by atoms with E-state index in [1.54, 1.807) is 0 Å². The Morgan fingerprint density at radius 1 is 1.23 bits per heavy atom. The van der Waals surface area contributed by atoms with E-state index in [4.69, 9.17) is 5.11 Å². The van der Waals surface area contributed by atoms with Gasteiger partial charge in [-0.3, -0.25) is 0 Å². The third kappa shape index (κ3) is 7.35. The van der Waals surface area contributed by atoms with Crippen LogP contribution in [0.4, 0.5) is 0 Å². The van der Waals surface area contributed by atoms with E-state index < -0.39 is 0 Å². The Hall–Kier alpha value is 0.270. The molecule has 2 nitrogen and oxygen atoms in total. The predicted octanol–water partition coefficient (Wildman–Crippen LogP) is 1.88. The molecule has 3 atom stereocenters. The maximum Gasteiger partial charge on any atom is 0.0547 e. The summed E-state index contributed by atoms with van der Waals surface area (Å²) < 4.78 is 0. The minimum Gasteiger partial charge on any atom is -0.395 e. The number of nitrogens with one attached hydrogen (secondary N) is 1. The summed E-state index contributed by atoms with van der Waals surface area (Å²) in [5, 5.41) is 13.3. The third-order valence-electron chi connectivity index (χ3n) is 1.96. The lowest BCUT2D eigenvalue weighted by Gasteiger charge is -2.19. The number of aliphatic hydroxyl groups is 1. The van der Waals surface area contributed by atoms with Gasteiger partial charge in [-0.15, -0.1) is 0 Å². The predicted molar refractivity (Wildman–Crippen MR) is 61.4 cm³/mol. The molecular formula is C10H23NOS. The highest BCUT2D eigenvalue weighted by molar-refractivity contribution is 8.00. The summed E-state index contributed by atoms with van der Waals surface area (Å²) >= 11 is 1.86. The average molecular weight is 205 g/mol. The smallest absolute Gasteiger partial charge is 0.0547 e. The van der Waals surface area contributed by atoms with Crippen LogP contribution < -0.4 is 5.32 Å². The van der Waals surface area contributed by atoms with Crippen LogP contribution in [0.1, 0.15) is 34.1 Å². The van der Waals surface area contributed by atoms with Gasteiger partial charge in [0.05, 0.1) is 6.61 Å². The molecule has 13 heavy (non-hydrogen) atoms. The van der Waals surface area contributed by atoms with Crippen LogP contribution in [0.3, 0.4) is 0 Å². The number of hydrogen-bond donors (Lipinski definition) is 2. The lowest BCUT2D eigenvalue weighted by atomic mass is 10.2. The molecule has 0 radical (unpaired) electrons. The molecular weight excluding hydrogens is 182 g/mol. The summed E-state index contributed by atoms with van der Waals surface area (Å²) in [7, 11) is 0. The van der Waals surface area contributed by atoms with Gasteiger partial charge < -0.3 is 10.4 Å². The normalized spacial score (nSPS) is 18.2. The van der Waals surface area contributed by atoms with Crippen molar-refractivity contribution in [1.29, 1.82) is 0 Å². The Kier molecular flexibility index (Phi) is 7.81. The molecule has 3 heteroatoms. The van der Waals surface area contributed by atoms with Gasteiger partial charge in [-0.05, 0) is 19.9 Å². The van der Waals surface area contributed by atoms with Crippen molar-refractivity contribution < 1.29 is 5.11 Å². The summed E-state index contributed by atoms with van der Waals surface area (Å²) in [6.07, 6.45) is 1.17. The van der Waals surface area contributed by atoms with Crippen LogP contribution in [0.25, 0.3) is 0 Å². The fraction of sp³-hybridized carbons (Fsp3) is 1.00. The van der Waals surface area contributed by atoms with Crippen LogP contribution in [0.15, 0.2) is 0 Å². The first kappa shape index (κ1) is 13.3. The molecule has 0 aromatic heterocycles. The maximum absolute atomic E-state index is 8.88. The van der Waals surface area contributed by atoms with Gasteiger partial charge >= 0.3 is 0 Å². The summed E-state index contributed by atoms with van der Waals surface area (Å²) in [6.45, 7) is 9.96. The van der Waals surface area contributed by atoms with E-state index in [2.05, 4.69) is 33.0 Å². The Labute approximate surface area is 86.5 Å². The van der Waals surface area contributed by atoms with Crippen molar-refractivity contribution in [2.24, 2.45) is 0 Å². The zero-order valence-electron chi connectivity index (χ0n) is 9.21. The molecule has 0 saturated carbocycles. The quantitative estimate of drug-likeness (QED) is 0.665. The molecule has 0 rings (SSSR count). The zero-order valence-corrected chi connectivity index (χ0v) is 10.0. The number of rotatable bonds is 7. The largest absolute Gasteiger partial charge is 0.395 e. The summed E-state index contributed by atoms with van der Waals surface area (Å²) in [5.41, 5.74) is 0. The molecule has 80 valence electrons. The second-order valence-corrected chi connectivity index (χ2v) is 5.52. The van der Waals surface area contributed by atoms with Gasteiger partial charge in [-0.1, -0.05) is 20.8 Å². The SMILES string of the molecule is CCNC(C)CC(C)SC(C)CO. The van der Waals surface area contributed by atoms with Crippen molar-refractivity contribution in [2.45, 2.75) is 50.7 Å². The highest BCUT2D eigenvalue weighted by Crippen LogP contribution is 2.20. The first-order chi connectivity index (χ1) is 6.10. The standard InChI is InChI=1S/C10H23NOS/c1-5-11-8(2)6-9(3)13-10(4)7-12/h8-12H,5-7H2,1-4H3. The van der Waals surface area contributed by atoms with Gasteiger partial charge in [0.1, 0.15) is 0 Å². The van der Waals surface area contributed by atoms with Crippen LogP contribution in [-0.4, -0.2) is 34.8 Å². The number of aliphatic hydroxyl groups excluding tert-OH is 1. The van der Waals surface area contributed by atoms with E-state index in [0.717, 1.165) is 6.54 Å². The Balaban J connectivity index is 3.54. The Bertz CT molecular complexity index is 121. The van der Waals surface area contributed by atoms with Gasteiger partial charge in [0, 0.05) is 16.5 Å². The van der Waals surface area contributed by atoms with Crippen molar-refractivity contribution in [3.63, 3.8) is 0 Å². The van der Waals surface area contributed by atoms with Gasteiger partial charge in [0.15, 0.2) is 0 Å². The molecule has 0 aromatic carbocycles. The molecule has 2 N–H and O–H groups in total. The molecule has 0 aliphatic rings. The number of hydrogen-bond acceptors (Lipinski definition) is 3. The first-order valence-corrected chi connectivity index (χ1v) is 6.04. The van der Waals surface area contributed by atoms with Crippen molar-refractivity contribution in [1.82, 2.24) is 5.32 Å². The molecule has 0 bridgehead atoms. The monoisotopic (exact) mass is 205 g/mol. The molecule has 0 aliphatic carbocycles. The van der Waals surface area contributed by atoms with Gasteiger partial charge in [-0.2, -0.15) is 11.8 Å². The second-order valence-electron chi connectivity index (χ2n) is 3.63. The molecule has 0 aliphatic heterocycles. The molecule has 0 spiro atoms. The van der Waals surface area contributed by atoms with E-state index in [-0.39, 0.29) is 6.61 Å². The minimum absolute atomic E-state index is 0.282. The molecule has 0 aromatic rings. The molecule has 0 saturated heterocycles. The van der Waals surface area contributed by atoms with Crippen LogP contribution in [0.2, 0.25) is 0 Å². The van der Waals surface area contributed by atoms with E-state index in [1.165, 1.54) is 6.42 Å². The number of thioether (sulfide) groups is 1. The molecule has 3 unspecified atom stereocenters. The fourth-order valence-electron chi connectivity index (χ4n) is 1.42. The molecule has 0 amide bonds. The van der Waals surface area contributed by atoms with Crippen LogP contribution in [0, 0.1) is 0 Å². The topological polar surface area (TPSA) is 32.3 Å². The van der Waals surface area contributed by atoms with Gasteiger partial charge in [-0.25, -0.2) is 0 Å². The van der Waals surface area contributed by atoms with Crippen LogP contribution in [-0.2, 0) is 0 Å². The highest BCUT2D eigenvalue weighted by Gasteiger charge is 2.11. The summed E-state index contributed by atoms with van der Waals surface area (Å²) in [5.74, 6) is 0. The maximum atomic E-state index is 8.88.